The fraction of sp³-hybridized carbons (Fsp3) is 0.467. The van der Waals surface area contributed by atoms with Crippen LogP contribution in [0.4, 0.5) is 23.5 Å². The van der Waals surface area contributed by atoms with E-state index >= 15 is 0 Å². The Balaban J connectivity index is 1.39. The van der Waals surface area contributed by atoms with E-state index in [1.165, 1.54) is 0 Å². The van der Waals surface area contributed by atoms with E-state index in [1.807, 2.05) is 30.3 Å². The van der Waals surface area contributed by atoms with Gasteiger partial charge in [-0.15, -0.1) is 0 Å². The summed E-state index contributed by atoms with van der Waals surface area (Å²) in [4.78, 5) is 26.5. The molecule has 0 saturated heterocycles. The van der Waals surface area contributed by atoms with E-state index in [2.05, 4.69) is 36.2 Å². The topological polar surface area (TPSA) is 178 Å². The SMILES string of the molecule is COc1cccc(CNc2nc(Nc3cccc(C(=O)NCCOCCOCCN)c3)nc(NC3CCC(O)CC3)n2)c1. The number of nitrogens with one attached hydrogen (secondary N) is 4. The molecule has 13 nitrogen and oxygen atoms in total. The zero-order valence-corrected chi connectivity index (χ0v) is 24.6. The lowest BCUT2D eigenvalue weighted by Crippen LogP contribution is -2.29. The van der Waals surface area contributed by atoms with Crippen LogP contribution in [0, 0.1) is 0 Å². The highest BCUT2D eigenvalue weighted by Gasteiger charge is 2.20. The second-order valence-corrected chi connectivity index (χ2v) is 10.1. The van der Waals surface area contributed by atoms with Crippen LogP contribution in [0.25, 0.3) is 0 Å². The molecule has 0 unspecified atom stereocenters. The molecular weight excluding hydrogens is 552 g/mol. The zero-order chi connectivity index (χ0) is 30.3. The van der Waals surface area contributed by atoms with Gasteiger partial charge >= 0.3 is 0 Å². The lowest BCUT2D eigenvalue weighted by molar-refractivity contribution is 0.0511. The molecule has 0 atom stereocenters. The van der Waals surface area contributed by atoms with Crippen molar-refractivity contribution >= 4 is 29.4 Å². The van der Waals surface area contributed by atoms with E-state index < -0.39 is 0 Å². The molecule has 1 aromatic heterocycles. The molecule has 1 fully saturated rings. The number of aromatic nitrogens is 3. The minimum Gasteiger partial charge on any atom is -0.497 e. The third-order valence-electron chi connectivity index (χ3n) is 6.80. The summed E-state index contributed by atoms with van der Waals surface area (Å²) in [5.74, 6) is 1.69. The van der Waals surface area contributed by atoms with Gasteiger partial charge in [-0.3, -0.25) is 4.79 Å². The van der Waals surface area contributed by atoms with Gasteiger partial charge in [-0.1, -0.05) is 18.2 Å². The molecule has 0 radical (unpaired) electrons. The summed E-state index contributed by atoms with van der Waals surface area (Å²) in [6, 6.07) is 15.0. The van der Waals surface area contributed by atoms with Crippen LogP contribution >= 0.6 is 0 Å². The van der Waals surface area contributed by atoms with E-state index in [4.69, 9.17) is 19.9 Å². The van der Waals surface area contributed by atoms with Gasteiger partial charge in [0.2, 0.25) is 17.8 Å². The molecule has 2 aromatic carbocycles. The van der Waals surface area contributed by atoms with Crippen LogP contribution in [0.15, 0.2) is 48.5 Å². The molecule has 1 aliphatic rings. The molecule has 3 aromatic rings. The number of amides is 1. The Hall–Kier alpha value is -4.04. The monoisotopic (exact) mass is 594 g/mol. The highest BCUT2D eigenvalue weighted by molar-refractivity contribution is 5.95. The molecule has 1 heterocycles. The number of methoxy groups -OCH3 is 1. The Morgan fingerprint density at radius 2 is 1.67 bits per heavy atom. The molecule has 0 bridgehead atoms. The van der Waals surface area contributed by atoms with Crippen molar-refractivity contribution in [3.8, 4) is 5.75 Å². The van der Waals surface area contributed by atoms with Crippen molar-refractivity contribution in [3.63, 3.8) is 0 Å². The minimum atomic E-state index is -0.258. The molecule has 232 valence electrons. The highest BCUT2D eigenvalue weighted by atomic mass is 16.5. The smallest absolute Gasteiger partial charge is 0.251 e. The van der Waals surface area contributed by atoms with Crippen LogP contribution in [-0.4, -0.2) is 84.7 Å². The number of hydrogen-bond acceptors (Lipinski definition) is 12. The van der Waals surface area contributed by atoms with E-state index in [9.17, 15) is 9.90 Å². The first-order chi connectivity index (χ1) is 21.0. The Morgan fingerprint density at radius 1 is 0.930 bits per heavy atom. The predicted molar refractivity (Wildman–Crippen MR) is 165 cm³/mol. The van der Waals surface area contributed by atoms with Gasteiger partial charge < -0.3 is 46.3 Å². The normalized spacial score (nSPS) is 16.3. The molecule has 1 amide bonds. The van der Waals surface area contributed by atoms with E-state index in [1.54, 1.807) is 25.3 Å². The maximum absolute atomic E-state index is 12.7. The number of carbonyl (C=O) groups excluding carboxylic acids is 1. The standard InChI is InChI=1S/C30H42N8O5/c1-41-26-7-2-4-21(18-26)20-33-28-36-29(34-23-8-10-25(39)11-9-23)38-30(37-28)35-24-6-3-5-22(19-24)27(40)32-13-15-43-17-16-42-14-12-31/h2-7,18-19,23,25,39H,8-17,20,31H2,1H3,(H,32,40)(H3,33,34,35,36,37,38). The molecule has 43 heavy (non-hydrogen) atoms. The first-order valence-corrected chi connectivity index (χ1v) is 14.6. The average Bonchev–Trinajstić information content (AvgIpc) is 3.02. The van der Waals surface area contributed by atoms with Crippen molar-refractivity contribution in [1.82, 2.24) is 20.3 Å². The van der Waals surface area contributed by atoms with E-state index in [0.717, 1.165) is 37.0 Å². The van der Waals surface area contributed by atoms with Crippen molar-refractivity contribution in [1.29, 1.82) is 0 Å². The molecule has 0 spiro atoms. The molecule has 0 aliphatic heterocycles. The number of hydrogen-bond donors (Lipinski definition) is 6. The lowest BCUT2D eigenvalue weighted by atomic mass is 9.93. The van der Waals surface area contributed by atoms with E-state index in [0.29, 0.717) is 75.2 Å². The summed E-state index contributed by atoms with van der Waals surface area (Å²) < 4.78 is 16.1. The quantitative estimate of drug-likeness (QED) is 0.126. The molecule has 13 heteroatoms. The Labute approximate surface area is 252 Å². The number of aliphatic hydroxyl groups is 1. The number of carbonyl (C=O) groups is 1. The van der Waals surface area contributed by atoms with Crippen molar-refractivity contribution in [2.24, 2.45) is 5.73 Å². The average molecular weight is 595 g/mol. The summed E-state index contributed by atoms with van der Waals surface area (Å²) in [6.45, 7) is 3.11. The summed E-state index contributed by atoms with van der Waals surface area (Å²) >= 11 is 0. The van der Waals surface area contributed by atoms with Gasteiger partial charge in [-0.25, -0.2) is 0 Å². The number of nitrogens with two attached hydrogens (primary N) is 1. The molecule has 1 aliphatic carbocycles. The Bertz CT molecular complexity index is 1290. The first-order valence-electron chi connectivity index (χ1n) is 14.6. The summed E-state index contributed by atoms with van der Waals surface area (Å²) in [7, 11) is 1.63. The summed E-state index contributed by atoms with van der Waals surface area (Å²) in [5.41, 5.74) is 7.53. The molecular formula is C30H42N8O5. The minimum absolute atomic E-state index is 0.152. The van der Waals surface area contributed by atoms with Gasteiger partial charge in [0, 0.05) is 36.9 Å². The van der Waals surface area contributed by atoms with Crippen LogP contribution in [0.3, 0.4) is 0 Å². The first kappa shape index (κ1) is 31.9. The largest absolute Gasteiger partial charge is 0.497 e. The summed E-state index contributed by atoms with van der Waals surface area (Å²) in [5, 5.41) is 22.6. The van der Waals surface area contributed by atoms with Crippen LogP contribution in [0.5, 0.6) is 5.75 Å². The molecule has 1 saturated carbocycles. The summed E-state index contributed by atoms with van der Waals surface area (Å²) in [6.07, 6.45) is 2.86. The third-order valence-corrected chi connectivity index (χ3v) is 6.80. The van der Waals surface area contributed by atoms with Gasteiger partial charge in [0.25, 0.3) is 5.91 Å². The van der Waals surface area contributed by atoms with Gasteiger partial charge in [0.05, 0.1) is 39.6 Å². The predicted octanol–water partition coefficient (Wildman–Crippen LogP) is 2.67. The lowest BCUT2D eigenvalue weighted by Gasteiger charge is -2.26. The Morgan fingerprint density at radius 3 is 2.47 bits per heavy atom. The van der Waals surface area contributed by atoms with Crippen molar-refractivity contribution in [2.45, 2.75) is 44.4 Å². The number of anilines is 4. The van der Waals surface area contributed by atoms with Crippen LogP contribution in [-0.2, 0) is 16.0 Å². The highest BCUT2D eigenvalue weighted by Crippen LogP contribution is 2.23. The van der Waals surface area contributed by atoms with Crippen molar-refractivity contribution in [2.75, 3.05) is 62.6 Å². The number of aliphatic hydroxyl groups excluding tert-OH is 1. The van der Waals surface area contributed by atoms with Crippen LogP contribution in [0.1, 0.15) is 41.6 Å². The van der Waals surface area contributed by atoms with Gasteiger partial charge in [0.1, 0.15) is 5.75 Å². The number of rotatable bonds is 17. The number of benzene rings is 2. The van der Waals surface area contributed by atoms with Crippen molar-refractivity contribution < 1.29 is 24.1 Å². The van der Waals surface area contributed by atoms with Crippen molar-refractivity contribution in [3.05, 3.63) is 59.7 Å². The fourth-order valence-corrected chi connectivity index (χ4v) is 4.55. The molecule has 4 rings (SSSR count). The van der Waals surface area contributed by atoms with Gasteiger partial charge in [-0.05, 0) is 61.6 Å². The van der Waals surface area contributed by atoms with Gasteiger partial charge in [-0.2, -0.15) is 15.0 Å². The van der Waals surface area contributed by atoms with E-state index in [-0.39, 0.29) is 18.1 Å². The Kier molecular flexibility index (Phi) is 12.7. The second-order valence-electron chi connectivity index (χ2n) is 10.1. The maximum atomic E-state index is 12.7. The number of ether oxygens (including phenoxy) is 3. The fourth-order valence-electron chi connectivity index (χ4n) is 4.55. The molecule has 7 N–H and O–H groups in total. The zero-order valence-electron chi connectivity index (χ0n) is 24.6. The second kappa shape index (κ2) is 17.2. The van der Waals surface area contributed by atoms with Gasteiger partial charge in [0.15, 0.2) is 0 Å². The number of nitrogens with zero attached hydrogens (tertiary/aromatic N) is 3. The third kappa shape index (κ3) is 10.9. The maximum Gasteiger partial charge on any atom is 0.251 e. The van der Waals surface area contributed by atoms with Crippen LogP contribution in [0.2, 0.25) is 0 Å². The van der Waals surface area contributed by atoms with Crippen LogP contribution < -0.4 is 31.7 Å².